The molecule has 0 radical (unpaired) electrons. The molecular formula is C9H10ClN5O. The van der Waals surface area contributed by atoms with Crippen molar-refractivity contribution in [3.8, 4) is 0 Å². The van der Waals surface area contributed by atoms with Crippen LogP contribution in [0.3, 0.4) is 0 Å². The Kier molecular flexibility index (Phi) is 2.74. The van der Waals surface area contributed by atoms with Gasteiger partial charge in [-0.3, -0.25) is 9.48 Å². The molecule has 84 valence electrons. The van der Waals surface area contributed by atoms with Crippen LogP contribution in [0.4, 0.5) is 0 Å². The monoisotopic (exact) mass is 239 g/mol. The molecule has 0 aliphatic rings. The molecular weight excluding hydrogens is 230 g/mol. The third kappa shape index (κ3) is 1.83. The highest BCUT2D eigenvalue weighted by Crippen LogP contribution is 2.19. The minimum Gasteiger partial charge on any atom is -0.296 e. The maximum atomic E-state index is 10.5. The minimum atomic E-state index is 0.301. The van der Waals surface area contributed by atoms with Crippen molar-refractivity contribution in [2.75, 3.05) is 0 Å². The number of aromatic nitrogens is 5. The first kappa shape index (κ1) is 10.8. The Morgan fingerprint density at radius 3 is 2.81 bits per heavy atom. The molecule has 0 aliphatic carbocycles. The van der Waals surface area contributed by atoms with E-state index in [2.05, 4.69) is 15.4 Å². The Morgan fingerprint density at radius 1 is 1.56 bits per heavy atom. The predicted octanol–water partition coefficient (Wildman–Crippen LogP) is 0.834. The molecule has 0 aliphatic heterocycles. The molecule has 0 atom stereocenters. The number of carbonyl (C=O) groups is 1. The topological polar surface area (TPSA) is 65.6 Å². The van der Waals surface area contributed by atoms with Crippen LogP contribution in [0, 0.1) is 6.92 Å². The quantitative estimate of drug-likeness (QED) is 0.745. The van der Waals surface area contributed by atoms with Crippen molar-refractivity contribution in [2.24, 2.45) is 7.05 Å². The lowest BCUT2D eigenvalue weighted by atomic mass is 10.3. The van der Waals surface area contributed by atoms with Crippen LogP contribution in [0.1, 0.15) is 21.9 Å². The van der Waals surface area contributed by atoms with Gasteiger partial charge in [0.05, 0.1) is 29.2 Å². The second-order valence-electron chi connectivity index (χ2n) is 3.43. The van der Waals surface area contributed by atoms with Crippen molar-refractivity contribution in [1.29, 1.82) is 0 Å². The van der Waals surface area contributed by atoms with Crippen LogP contribution in [-0.2, 0) is 13.6 Å². The first-order valence-corrected chi connectivity index (χ1v) is 5.03. The third-order valence-corrected chi connectivity index (χ3v) is 2.74. The minimum absolute atomic E-state index is 0.301. The Labute approximate surface area is 96.8 Å². The second-order valence-corrected chi connectivity index (χ2v) is 3.81. The molecule has 0 aromatic carbocycles. The lowest BCUT2D eigenvalue weighted by molar-refractivity contribution is 0.111. The van der Waals surface area contributed by atoms with E-state index in [1.54, 1.807) is 15.6 Å². The zero-order valence-corrected chi connectivity index (χ0v) is 9.64. The van der Waals surface area contributed by atoms with E-state index in [0.717, 1.165) is 11.4 Å². The second kappa shape index (κ2) is 4.05. The summed E-state index contributed by atoms with van der Waals surface area (Å²) in [6, 6.07) is 0. The summed E-state index contributed by atoms with van der Waals surface area (Å²) in [5, 5.41) is 12.3. The Bertz CT molecular complexity index is 530. The van der Waals surface area contributed by atoms with E-state index in [-0.39, 0.29) is 0 Å². The first-order valence-electron chi connectivity index (χ1n) is 4.65. The normalized spacial score (nSPS) is 10.7. The smallest absolute Gasteiger partial charge is 0.171 e. The van der Waals surface area contributed by atoms with Gasteiger partial charge in [-0.15, -0.1) is 5.10 Å². The van der Waals surface area contributed by atoms with Crippen molar-refractivity contribution in [3.05, 3.63) is 28.3 Å². The molecule has 2 aromatic rings. The van der Waals surface area contributed by atoms with Gasteiger partial charge < -0.3 is 0 Å². The summed E-state index contributed by atoms with van der Waals surface area (Å²) < 4.78 is 3.24. The molecule has 0 saturated carbocycles. The van der Waals surface area contributed by atoms with Crippen LogP contribution in [0.15, 0.2) is 6.20 Å². The number of halogens is 1. The van der Waals surface area contributed by atoms with Crippen LogP contribution in [0.25, 0.3) is 0 Å². The lowest BCUT2D eigenvalue weighted by Crippen LogP contribution is -2.06. The molecule has 0 bridgehead atoms. The van der Waals surface area contributed by atoms with Crippen molar-refractivity contribution < 1.29 is 4.79 Å². The van der Waals surface area contributed by atoms with Gasteiger partial charge in [-0.05, 0) is 6.92 Å². The summed E-state index contributed by atoms with van der Waals surface area (Å²) in [5.41, 5.74) is 1.91. The first-order chi connectivity index (χ1) is 7.61. The van der Waals surface area contributed by atoms with Crippen molar-refractivity contribution in [2.45, 2.75) is 13.5 Å². The summed E-state index contributed by atoms with van der Waals surface area (Å²) >= 11 is 6.09. The summed E-state index contributed by atoms with van der Waals surface area (Å²) in [7, 11) is 1.81. The largest absolute Gasteiger partial charge is 0.296 e. The fourth-order valence-electron chi connectivity index (χ4n) is 1.45. The average Bonchev–Trinajstić information content (AvgIpc) is 2.80. The summed E-state index contributed by atoms with van der Waals surface area (Å²) in [5.74, 6) is 0. The molecule has 16 heavy (non-hydrogen) atoms. The molecule has 0 unspecified atom stereocenters. The third-order valence-electron chi connectivity index (χ3n) is 2.25. The van der Waals surface area contributed by atoms with E-state index in [1.165, 1.54) is 0 Å². The van der Waals surface area contributed by atoms with Crippen molar-refractivity contribution >= 4 is 17.9 Å². The molecule has 0 saturated heterocycles. The molecule has 0 N–H and O–H groups in total. The van der Waals surface area contributed by atoms with Crippen LogP contribution in [-0.4, -0.2) is 31.1 Å². The van der Waals surface area contributed by atoms with Gasteiger partial charge >= 0.3 is 0 Å². The highest BCUT2D eigenvalue weighted by atomic mass is 35.5. The summed E-state index contributed by atoms with van der Waals surface area (Å²) in [4.78, 5) is 10.5. The Hall–Kier alpha value is -1.69. The highest BCUT2D eigenvalue weighted by molar-refractivity contribution is 6.31. The SMILES string of the molecule is Cc1nn(C)c(Cn2cc(C=O)nn2)c1Cl. The maximum absolute atomic E-state index is 10.5. The summed E-state index contributed by atoms with van der Waals surface area (Å²) in [6.45, 7) is 2.28. The Morgan fingerprint density at radius 2 is 2.31 bits per heavy atom. The van der Waals surface area contributed by atoms with E-state index < -0.39 is 0 Å². The van der Waals surface area contributed by atoms with E-state index in [1.807, 2.05) is 14.0 Å². The van der Waals surface area contributed by atoms with Crippen LogP contribution in [0.5, 0.6) is 0 Å². The summed E-state index contributed by atoms with van der Waals surface area (Å²) in [6.07, 6.45) is 2.21. The van der Waals surface area contributed by atoms with Gasteiger partial charge in [0.25, 0.3) is 0 Å². The molecule has 7 heteroatoms. The zero-order valence-electron chi connectivity index (χ0n) is 8.88. The fourth-order valence-corrected chi connectivity index (χ4v) is 1.67. The van der Waals surface area contributed by atoms with E-state index >= 15 is 0 Å². The zero-order chi connectivity index (χ0) is 11.7. The molecule has 2 rings (SSSR count). The molecule has 0 amide bonds. The highest BCUT2D eigenvalue weighted by Gasteiger charge is 2.12. The molecule has 0 fully saturated rings. The van der Waals surface area contributed by atoms with Gasteiger partial charge in [-0.2, -0.15) is 5.10 Å². The van der Waals surface area contributed by atoms with Crippen LogP contribution < -0.4 is 0 Å². The van der Waals surface area contributed by atoms with E-state index in [0.29, 0.717) is 23.5 Å². The molecule has 2 heterocycles. The number of hydrogen-bond acceptors (Lipinski definition) is 4. The number of aryl methyl sites for hydroxylation is 2. The lowest BCUT2D eigenvalue weighted by Gasteiger charge is -2.01. The molecule has 2 aromatic heterocycles. The fraction of sp³-hybridized carbons (Fsp3) is 0.333. The van der Waals surface area contributed by atoms with Gasteiger partial charge in [0.1, 0.15) is 5.69 Å². The van der Waals surface area contributed by atoms with Crippen molar-refractivity contribution in [1.82, 2.24) is 24.8 Å². The van der Waals surface area contributed by atoms with Crippen LogP contribution in [0.2, 0.25) is 5.02 Å². The molecule has 0 spiro atoms. The number of aldehydes is 1. The number of carbonyl (C=O) groups excluding carboxylic acids is 1. The van der Waals surface area contributed by atoms with Crippen LogP contribution >= 0.6 is 11.6 Å². The van der Waals surface area contributed by atoms with E-state index in [4.69, 9.17) is 11.6 Å². The maximum Gasteiger partial charge on any atom is 0.171 e. The number of hydrogen-bond donors (Lipinski definition) is 0. The number of rotatable bonds is 3. The van der Waals surface area contributed by atoms with Crippen molar-refractivity contribution in [3.63, 3.8) is 0 Å². The molecule has 6 nitrogen and oxygen atoms in total. The van der Waals surface area contributed by atoms with Gasteiger partial charge in [0, 0.05) is 7.05 Å². The predicted molar refractivity (Wildman–Crippen MR) is 57.5 cm³/mol. The van der Waals surface area contributed by atoms with Gasteiger partial charge in [0.2, 0.25) is 0 Å². The van der Waals surface area contributed by atoms with Gasteiger partial charge in [-0.25, -0.2) is 4.68 Å². The number of nitrogens with zero attached hydrogens (tertiary/aromatic N) is 5. The van der Waals surface area contributed by atoms with Gasteiger partial charge in [0.15, 0.2) is 6.29 Å². The van der Waals surface area contributed by atoms with E-state index in [9.17, 15) is 4.79 Å². The standard InChI is InChI=1S/C9H10ClN5O/c1-6-9(10)8(14(2)12-6)4-15-3-7(5-16)11-13-15/h3,5H,4H2,1-2H3. The Balaban J connectivity index is 2.29. The average molecular weight is 240 g/mol. The van der Waals surface area contributed by atoms with Gasteiger partial charge in [-0.1, -0.05) is 16.8 Å².